The van der Waals surface area contributed by atoms with Crippen molar-refractivity contribution in [2.24, 2.45) is 0 Å². The van der Waals surface area contributed by atoms with E-state index in [4.69, 9.17) is 14.2 Å². The van der Waals surface area contributed by atoms with E-state index < -0.39 is 0 Å². The molecule has 2 aromatic rings. The molecule has 1 N–H and O–H groups in total. The summed E-state index contributed by atoms with van der Waals surface area (Å²) in [4.78, 5) is 16.9. The summed E-state index contributed by atoms with van der Waals surface area (Å²) in [6.45, 7) is 4.51. The molecule has 0 atom stereocenters. The first-order chi connectivity index (χ1) is 15.6. The lowest BCUT2D eigenvalue weighted by atomic mass is 10.1. The molecule has 174 valence electrons. The molecule has 2 amide bonds. The van der Waals surface area contributed by atoms with Gasteiger partial charge in [-0.1, -0.05) is 31.9 Å². The number of hydrogen-bond acceptors (Lipinski definition) is 5. The van der Waals surface area contributed by atoms with Crippen molar-refractivity contribution in [2.45, 2.75) is 45.8 Å². The highest BCUT2D eigenvalue weighted by atomic mass is 16.5. The highest BCUT2D eigenvalue weighted by Crippen LogP contribution is 2.34. The van der Waals surface area contributed by atoms with Crippen LogP contribution in [-0.2, 0) is 13.2 Å². The standard InChI is InChI=1S/C25H34N2O5/c1-4-5-6-14-32-24-16-21(10-11-22(24)30-2)27-13-7-12-26(25(27)29)17-20-9-8-19(18-28)15-23(20)31-3/h8-11,15-16,28H,4-7,12-14,17-18H2,1-3H3. The van der Waals surface area contributed by atoms with Gasteiger partial charge in [0.1, 0.15) is 5.75 Å². The second-order valence-corrected chi connectivity index (χ2v) is 7.90. The number of nitrogens with zero attached hydrogens (tertiary/aromatic N) is 2. The van der Waals surface area contributed by atoms with Crippen molar-refractivity contribution in [1.82, 2.24) is 4.90 Å². The lowest BCUT2D eigenvalue weighted by Crippen LogP contribution is -2.49. The van der Waals surface area contributed by atoms with Gasteiger partial charge in [0, 0.05) is 30.4 Å². The van der Waals surface area contributed by atoms with Crippen molar-refractivity contribution in [1.29, 1.82) is 0 Å². The molecule has 2 aromatic carbocycles. The molecule has 0 aromatic heterocycles. The Bertz CT molecular complexity index is 902. The number of hydrogen-bond donors (Lipinski definition) is 1. The number of aliphatic hydroxyl groups excluding tert-OH is 1. The summed E-state index contributed by atoms with van der Waals surface area (Å²) in [6.07, 6.45) is 4.09. The van der Waals surface area contributed by atoms with Gasteiger partial charge in [-0.2, -0.15) is 0 Å². The van der Waals surface area contributed by atoms with E-state index in [0.29, 0.717) is 43.5 Å². The van der Waals surface area contributed by atoms with E-state index in [-0.39, 0.29) is 12.6 Å². The maximum absolute atomic E-state index is 13.3. The first-order valence-corrected chi connectivity index (χ1v) is 11.2. The van der Waals surface area contributed by atoms with Crippen molar-refractivity contribution in [3.8, 4) is 17.2 Å². The first-order valence-electron chi connectivity index (χ1n) is 11.2. The third kappa shape index (κ3) is 5.65. The third-order valence-electron chi connectivity index (χ3n) is 5.67. The number of methoxy groups -OCH3 is 2. The molecule has 1 fully saturated rings. The minimum atomic E-state index is -0.0494. The van der Waals surface area contributed by atoms with Crippen molar-refractivity contribution >= 4 is 11.7 Å². The summed E-state index contributed by atoms with van der Waals surface area (Å²) >= 11 is 0. The summed E-state index contributed by atoms with van der Waals surface area (Å²) in [6, 6.07) is 11.2. The third-order valence-corrected chi connectivity index (χ3v) is 5.67. The lowest BCUT2D eigenvalue weighted by molar-refractivity contribution is 0.191. The maximum atomic E-state index is 13.3. The molecular formula is C25H34N2O5. The van der Waals surface area contributed by atoms with Gasteiger partial charge in [-0.3, -0.25) is 4.90 Å². The zero-order valence-electron chi connectivity index (χ0n) is 19.3. The van der Waals surface area contributed by atoms with E-state index in [9.17, 15) is 9.90 Å². The SMILES string of the molecule is CCCCCOc1cc(N2CCCN(Cc3ccc(CO)cc3OC)C2=O)ccc1OC. The number of amides is 2. The number of anilines is 1. The molecule has 0 spiro atoms. The van der Waals surface area contributed by atoms with Gasteiger partial charge < -0.3 is 24.2 Å². The van der Waals surface area contributed by atoms with Gasteiger partial charge in [0.25, 0.3) is 0 Å². The molecular weight excluding hydrogens is 408 g/mol. The van der Waals surface area contributed by atoms with E-state index in [1.807, 2.05) is 41.3 Å². The van der Waals surface area contributed by atoms with Crippen LogP contribution in [0.1, 0.15) is 43.7 Å². The number of ether oxygens (including phenoxy) is 3. The van der Waals surface area contributed by atoms with Gasteiger partial charge in [-0.25, -0.2) is 4.79 Å². The Morgan fingerprint density at radius 1 is 0.969 bits per heavy atom. The van der Waals surface area contributed by atoms with Crippen LogP contribution in [0.3, 0.4) is 0 Å². The highest BCUT2D eigenvalue weighted by molar-refractivity contribution is 5.93. The van der Waals surface area contributed by atoms with Crippen LogP contribution in [0.4, 0.5) is 10.5 Å². The Morgan fingerprint density at radius 2 is 1.78 bits per heavy atom. The quantitative estimate of drug-likeness (QED) is 0.515. The van der Waals surface area contributed by atoms with Crippen LogP contribution < -0.4 is 19.1 Å². The predicted molar refractivity (Wildman–Crippen MR) is 125 cm³/mol. The second kappa shape index (κ2) is 11.6. The smallest absolute Gasteiger partial charge is 0.324 e. The minimum Gasteiger partial charge on any atom is -0.496 e. The van der Waals surface area contributed by atoms with Gasteiger partial charge in [-0.15, -0.1) is 0 Å². The molecule has 0 aliphatic carbocycles. The van der Waals surface area contributed by atoms with Gasteiger partial charge in [-0.05, 0) is 36.6 Å². The largest absolute Gasteiger partial charge is 0.496 e. The van der Waals surface area contributed by atoms with E-state index in [1.165, 1.54) is 0 Å². The Labute approximate surface area is 190 Å². The first kappa shape index (κ1) is 23.7. The van der Waals surface area contributed by atoms with Gasteiger partial charge in [0.2, 0.25) is 0 Å². The average molecular weight is 443 g/mol. The number of unbranched alkanes of at least 4 members (excludes halogenated alkanes) is 2. The minimum absolute atomic E-state index is 0.0482. The van der Waals surface area contributed by atoms with Crippen molar-refractivity contribution in [3.05, 3.63) is 47.5 Å². The number of rotatable bonds is 11. The Hall–Kier alpha value is -2.93. The van der Waals surface area contributed by atoms with Crippen LogP contribution in [0.25, 0.3) is 0 Å². The molecule has 3 rings (SSSR count). The lowest BCUT2D eigenvalue weighted by Gasteiger charge is -2.36. The van der Waals surface area contributed by atoms with Crippen LogP contribution in [0.5, 0.6) is 17.2 Å². The van der Waals surface area contributed by atoms with Crippen molar-refractivity contribution < 1.29 is 24.1 Å². The van der Waals surface area contributed by atoms with Crippen molar-refractivity contribution in [3.63, 3.8) is 0 Å². The molecule has 0 unspecified atom stereocenters. The number of carbonyl (C=O) groups excluding carboxylic acids is 1. The topological polar surface area (TPSA) is 71.5 Å². The Balaban J connectivity index is 1.76. The molecule has 1 aliphatic heterocycles. The molecule has 32 heavy (non-hydrogen) atoms. The molecule has 1 aliphatic rings. The fourth-order valence-corrected chi connectivity index (χ4v) is 3.87. The summed E-state index contributed by atoms with van der Waals surface area (Å²) in [5.41, 5.74) is 2.49. The summed E-state index contributed by atoms with van der Waals surface area (Å²) in [5.74, 6) is 2.00. The predicted octanol–water partition coefficient (Wildman–Crippen LogP) is 4.60. The summed E-state index contributed by atoms with van der Waals surface area (Å²) in [7, 11) is 3.22. The highest BCUT2D eigenvalue weighted by Gasteiger charge is 2.28. The maximum Gasteiger partial charge on any atom is 0.324 e. The number of aliphatic hydroxyl groups is 1. The van der Waals surface area contributed by atoms with Gasteiger partial charge in [0.05, 0.1) is 34.0 Å². The van der Waals surface area contributed by atoms with E-state index in [0.717, 1.165) is 42.5 Å². The van der Waals surface area contributed by atoms with E-state index in [2.05, 4.69) is 6.92 Å². The molecule has 0 radical (unpaired) electrons. The fraction of sp³-hybridized carbons (Fsp3) is 0.480. The van der Waals surface area contributed by atoms with Crippen molar-refractivity contribution in [2.75, 3.05) is 38.8 Å². The van der Waals surface area contributed by atoms with E-state index in [1.54, 1.807) is 19.1 Å². The van der Waals surface area contributed by atoms with Crippen LogP contribution >= 0.6 is 0 Å². The van der Waals surface area contributed by atoms with Gasteiger partial charge in [0.15, 0.2) is 11.5 Å². The van der Waals surface area contributed by atoms with Crippen LogP contribution in [0, 0.1) is 0 Å². The Kier molecular flexibility index (Phi) is 8.62. The molecule has 0 bridgehead atoms. The number of urea groups is 1. The van der Waals surface area contributed by atoms with Gasteiger partial charge >= 0.3 is 6.03 Å². The summed E-state index contributed by atoms with van der Waals surface area (Å²) < 4.78 is 16.9. The monoisotopic (exact) mass is 442 g/mol. The average Bonchev–Trinajstić information content (AvgIpc) is 2.83. The summed E-state index contributed by atoms with van der Waals surface area (Å²) in [5, 5.41) is 9.37. The zero-order chi connectivity index (χ0) is 22.9. The Morgan fingerprint density at radius 3 is 2.50 bits per heavy atom. The molecule has 1 saturated heterocycles. The normalized spacial score (nSPS) is 13.9. The molecule has 7 nitrogen and oxygen atoms in total. The molecule has 1 heterocycles. The molecule has 7 heteroatoms. The number of carbonyl (C=O) groups is 1. The van der Waals surface area contributed by atoms with Crippen LogP contribution in [-0.4, -0.2) is 50.0 Å². The van der Waals surface area contributed by atoms with Crippen LogP contribution in [0.15, 0.2) is 36.4 Å². The molecule has 0 saturated carbocycles. The fourth-order valence-electron chi connectivity index (χ4n) is 3.87. The van der Waals surface area contributed by atoms with E-state index >= 15 is 0 Å². The zero-order valence-corrected chi connectivity index (χ0v) is 19.3. The number of benzene rings is 2. The second-order valence-electron chi connectivity index (χ2n) is 7.90. The van der Waals surface area contributed by atoms with Crippen LogP contribution in [0.2, 0.25) is 0 Å².